The molecule has 22 heavy (non-hydrogen) atoms. The van der Waals surface area contributed by atoms with Crippen molar-refractivity contribution in [2.45, 2.75) is 24.7 Å². The van der Waals surface area contributed by atoms with Crippen LogP contribution >= 0.6 is 0 Å². The van der Waals surface area contributed by atoms with Crippen molar-refractivity contribution in [3.63, 3.8) is 0 Å². The fourth-order valence-corrected chi connectivity index (χ4v) is 2.67. The van der Waals surface area contributed by atoms with E-state index in [1.165, 1.54) is 6.07 Å². The highest BCUT2D eigenvalue weighted by Gasteiger charge is 2.19. The smallest absolute Gasteiger partial charge is 0.241 e. The third-order valence-corrected chi connectivity index (χ3v) is 4.03. The van der Waals surface area contributed by atoms with Crippen LogP contribution in [0.4, 0.5) is 5.69 Å². The number of benzene rings is 2. The number of anilines is 1. The Morgan fingerprint density at radius 2 is 1.82 bits per heavy atom. The van der Waals surface area contributed by atoms with Crippen molar-refractivity contribution in [2.24, 2.45) is 5.14 Å². The van der Waals surface area contributed by atoms with Gasteiger partial charge < -0.3 is 10.1 Å². The molecule has 0 bridgehead atoms. The average Bonchev–Trinajstić information content (AvgIpc) is 2.49. The fourth-order valence-electron chi connectivity index (χ4n) is 1.99. The lowest BCUT2D eigenvalue weighted by Crippen LogP contribution is -2.14. The number of para-hydroxylation sites is 2. The molecule has 0 radical (unpaired) electrons. The minimum absolute atomic E-state index is 0.0298. The third-order valence-electron chi connectivity index (χ3n) is 3.09. The van der Waals surface area contributed by atoms with E-state index in [-0.39, 0.29) is 10.6 Å². The summed E-state index contributed by atoms with van der Waals surface area (Å²) in [4.78, 5) is -0.0298. The van der Waals surface area contributed by atoms with Crippen LogP contribution in [-0.2, 0) is 10.0 Å². The van der Waals surface area contributed by atoms with Gasteiger partial charge in [0.05, 0.1) is 5.69 Å². The molecular weight excluding hydrogens is 300 g/mol. The first-order valence-corrected chi connectivity index (χ1v) is 8.69. The molecule has 0 fully saturated rings. The first kappa shape index (κ1) is 16.3. The summed E-state index contributed by atoms with van der Waals surface area (Å²) < 4.78 is 29.4. The van der Waals surface area contributed by atoms with Crippen LogP contribution < -0.4 is 15.2 Å². The van der Waals surface area contributed by atoms with Crippen LogP contribution in [0.3, 0.4) is 0 Å². The monoisotopic (exact) mass is 320 g/mol. The van der Waals surface area contributed by atoms with Crippen molar-refractivity contribution >= 4 is 15.7 Å². The molecule has 0 heterocycles. The Labute approximate surface area is 131 Å². The number of hydrogen-bond donors (Lipinski definition) is 2. The van der Waals surface area contributed by atoms with E-state index in [0.29, 0.717) is 11.4 Å². The molecule has 0 saturated heterocycles. The number of nitrogens with one attached hydrogen (secondary N) is 1. The summed E-state index contributed by atoms with van der Waals surface area (Å²) in [6.45, 7) is 2.82. The zero-order valence-corrected chi connectivity index (χ0v) is 13.3. The second-order valence-corrected chi connectivity index (χ2v) is 6.40. The number of unbranched alkanes of at least 4 members (excludes halogenated alkanes) is 1. The highest BCUT2D eigenvalue weighted by atomic mass is 32.2. The lowest BCUT2D eigenvalue weighted by molar-refractivity contribution is 0.469. The van der Waals surface area contributed by atoms with Crippen LogP contribution in [0.25, 0.3) is 0 Å². The summed E-state index contributed by atoms with van der Waals surface area (Å²) in [5.41, 5.74) is 0.615. The van der Waals surface area contributed by atoms with Gasteiger partial charge in [-0.25, -0.2) is 13.6 Å². The van der Waals surface area contributed by atoms with Gasteiger partial charge in [-0.15, -0.1) is 0 Å². The maximum absolute atomic E-state index is 11.8. The number of primary sulfonamides is 1. The van der Waals surface area contributed by atoms with Crippen molar-refractivity contribution in [1.82, 2.24) is 0 Å². The first-order chi connectivity index (χ1) is 10.5. The standard InChI is InChI=1S/C16H20N2O3S/c1-2-3-12-18-14-10-7-11-15(22(17,19)20)16(14)21-13-8-5-4-6-9-13/h4-11,18H,2-3,12H2,1H3,(H2,17,19,20). The fraction of sp³-hybridized carbons (Fsp3) is 0.250. The number of ether oxygens (including phenoxy) is 1. The van der Waals surface area contributed by atoms with Gasteiger partial charge in [0.2, 0.25) is 10.0 Å². The van der Waals surface area contributed by atoms with Gasteiger partial charge in [-0.3, -0.25) is 0 Å². The molecule has 0 aromatic heterocycles. The Bertz CT molecular complexity index is 715. The van der Waals surface area contributed by atoms with Gasteiger partial charge in [0, 0.05) is 6.54 Å². The highest BCUT2D eigenvalue weighted by molar-refractivity contribution is 7.89. The molecule has 0 atom stereocenters. The molecule has 3 N–H and O–H groups in total. The van der Waals surface area contributed by atoms with Crippen molar-refractivity contribution in [3.05, 3.63) is 48.5 Å². The van der Waals surface area contributed by atoms with Crippen LogP contribution in [0.1, 0.15) is 19.8 Å². The molecule has 0 amide bonds. The Morgan fingerprint density at radius 3 is 2.45 bits per heavy atom. The van der Waals surface area contributed by atoms with Crippen LogP contribution in [0.2, 0.25) is 0 Å². The molecule has 6 heteroatoms. The molecule has 2 aromatic rings. The van der Waals surface area contributed by atoms with Crippen molar-refractivity contribution in [3.8, 4) is 11.5 Å². The zero-order chi connectivity index (χ0) is 16.0. The Kier molecular flexibility index (Phi) is 5.41. The van der Waals surface area contributed by atoms with E-state index in [2.05, 4.69) is 12.2 Å². The average molecular weight is 320 g/mol. The summed E-state index contributed by atoms with van der Waals surface area (Å²) in [6, 6.07) is 13.9. The molecule has 0 unspecified atom stereocenters. The lowest BCUT2D eigenvalue weighted by Gasteiger charge is -2.15. The van der Waals surface area contributed by atoms with Crippen molar-refractivity contribution in [2.75, 3.05) is 11.9 Å². The van der Waals surface area contributed by atoms with E-state index >= 15 is 0 Å². The van der Waals surface area contributed by atoms with E-state index in [1.807, 2.05) is 18.2 Å². The number of hydrogen-bond acceptors (Lipinski definition) is 4. The van der Waals surface area contributed by atoms with E-state index in [1.54, 1.807) is 24.3 Å². The molecule has 0 spiro atoms. The number of rotatable bonds is 7. The quantitative estimate of drug-likeness (QED) is 0.767. The Balaban J connectivity index is 2.41. The summed E-state index contributed by atoms with van der Waals surface area (Å²) >= 11 is 0. The second kappa shape index (κ2) is 7.29. The molecular formula is C16H20N2O3S. The van der Waals surface area contributed by atoms with Gasteiger partial charge in [0.15, 0.2) is 5.75 Å². The third kappa shape index (κ3) is 4.22. The normalized spacial score (nSPS) is 11.2. The van der Waals surface area contributed by atoms with Gasteiger partial charge >= 0.3 is 0 Å². The molecule has 0 saturated carbocycles. The molecule has 118 valence electrons. The van der Waals surface area contributed by atoms with Gasteiger partial charge in [-0.05, 0) is 30.7 Å². The largest absolute Gasteiger partial charge is 0.454 e. The molecule has 0 aliphatic rings. The van der Waals surface area contributed by atoms with E-state index in [0.717, 1.165) is 19.4 Å². The minimum atomic E-state index is -3.87. The first-order valence-electron chi connectivity index (χ1n) is 7.15. The zero-order valence-electron chi connectivity index (χ0n) is 12.5. The Hall–Kier alpha value is -2.05. The van der Waals surface area contributed by atoms with Crippen molar-refractivity contribution in [1.29, 1.82) is 0 Å². The summed E-state index contributed by atoms with van der Waals surface area (Å²) in [7, 11) is -3.87. The molecule has 0 aliphatic carbocycles. The lowest BCUT2D eigenvalue weighted by atomic mass is 10.2. The van der Waals surface area contributed by atoms with Crippen molar-refractivity contribution < 1.29 is 13.2 Å². The van der Waals surface area contributed by atoms with Crippen LogP contribution in [0.5, 0.6) is 11.5 Å². The van der Waals surface area contributed by atoms with E-state index in [9.17, 15) is 8.42 Å². The summed E-state index contributed by atoms with van der Waals surface area (Å²) in [5.74, 6) is 0.782. The molecule has 5 nitrogen and oxygen atoms in total. The van der Waals surface area contributed by atoms with Crippen LogP contribution in [-0.4, -0.2) is 15.0 Å². The summed E-state index contributed by atoms with van der Waals surface area (Å²) in [6.07, 6.45) is 2.02. The van der Waals surface area contributed by atoms with Gasteiger partial charge in [0.1, 0.15) is 10.6 Å². The second-order valence-electron chi connectivity index (χ2n) is 4.87. The number of nitrogens with two attached hydrogens (primary N) is 1. The predicted octanol–water partition coefficient (Wildman–Crippen LogP) is 3.34. The highest BCUT2D eigenvalue weighted by Crippen LogP contribution is 2.35. The minimum Gasteiger partial charge on any atom is -0.454 e. The molecule has 0 aliphatic heterocycles. The van der Waals surface area contributed by atoms with E-state index in [4.69, 9.17) is 9.88 Å². The summed E-state index contributed by atoms with van der Waals surface area (Å²) in [5, 5.41) is 8.50. The van der Waals surface area contributed by atoms with Crippen LogP contribution in [0, 0.1) is 0 Å². The predicted molar refractivity (Wildman–Crippen MR) is 87.7 cm³/mol. The van der Waals surface area contributed by atoms with Gasteiger partial charge in [-0.2, -0.15) is 0 Å². The maximum Gasteiger partial charge on any atom is 0.241 e. The molecule has 2 rings (SSSR count). The Morgan fingerprint density at radius 1 is 1.09 bits per heavy atom. The van der Waals surface area contributed by atoms with Gasteiger partial charge in [0.25, 0.3) is 0 Å². The van der Waals surface area contributed by atoms with E-state index < -0.39 is 10.0 Å². The SMILES string of the molecule is CCCCNc1cccc(S(N)(=O)=O)c1Oc1ccccc1. The maximum atomic E-state index is 11.8. The van der Waals surface area contributed by atoms with Gasteiger partial charge in [-0.1, -0.05) is 37.6 Å². The van der Waals surface area contributed by atoms with Crippen LogP contribution in [0.15, 0.2) is 53.4 Å². The topological polar surface area (TPSA) is 81.4 Å². The number of sulfonamides is 1. The molecule has 2 aromatic carbocycles.